The Bertz CT molecular complexity index is 590. The highest BCUT2D eigenvalue weighted by molar-refractivity contribution is 5.77. The van der Waals surface area contributed by atoms with Crippen LogP contribution in [0.15, 0.2) is 0 Å². The Morgan fingerprint density at radius 1 is 1.25 bits per heavy atom. The van der Waals surface area contributed by atoms with Crippen LogP contribution in [0.5, 0.6) is 0 Å². The molecule has 1 aromatic rings. The molecule has 134 valence electrons. The molecular formula is C18H31N5O. The summed E-state index contributed by atoms with van der Waals surface area (Å²) < 4.78 is 0. The largest absolute Gasteiger partial charge is 0.332 e. The van der Waals surface area contributed by atoms with Crippen molar-refractivity contribution in [1.29, 1.82) is 0 Å². The summed E-state index contributed by atoms with van der Waals surface area (Å²) in [6, 6.07) is 0.0465. The van der Waals surface area contributed by atoms with Gasteiger partial charge in [0, 0.05) is 24.0 Å². The van der Waals surface area contributed by atoms with Gasteiger partial charge < -0.3 is 10.2 Å². The van der Waals surface area contributed by atoms with Crippen molar-refractivity contribution in [2.45, 2.75) is 83.8 Å². The van der Waals surface area contributed by atoms with Gasteiger partial charge in [0.05, 0.1) is 6.04 Å². The Labute approximate surface area is 144 Å². The maximum Gasteiger partial charge on any atom is 0.223 e. The average molecular weight is 333 g/mol. The van der Waals surface area contributed by atoms with Gasteiger partial charge in [-0.1, -0.05) is 0 Å². The first-order chi connectivity index (χ1) is 11.2. The second-order valence-electron chi connectivity index (χ2n) is 8.90. The predicted molar refractivity (Wildman–Crippen MR) is 93.4 cm³/mol. The minimum absolute atomic E-state index is 0.0465. The van der Waals surface area contributed by atoms with E-state index < -0.39 is 0 Å². The van der Waals surface area contributed by atoms with Crippen LogP contribution in [-0.4, -0.2) is 43.6 Å². The number of H-pyrrole nitrogens is 1. The van der Waals surface area contributed by atoms with Gasteiger partial charge in [0.2, 0.25) is 5.91 Å². The van der Waals surface area contributed by atoms with Gasteiger partial charge >= 0.3 is 0 Å². The monoisotopic (exact) mass is 333 g/mol. The molecule has 2 N–H and O–H groups in total. The summed E-state index contributed by atoms with van der Waals surface area (Å²) in [7, 11) is 0. The third-order valence-corrected chi connectivity index (χ3v) is 5.22. The highest BCUT2D eigenvalue weighted by Gasteiger charge is 2.40. The van der Waals surface area contributed by atoms with E-state index in [1.54, 1.807) is 0 Å². The molecule has 0 bridgehead atoms. The normalized spacial score (nSPS) is 26.7. The summed E-state index contributed by atoms with van der Waals surface area (Å²) >= 11 is 0. The van der Waals surface area contributed by atoms with Crippen LogP contribution >= 0.6 is 0 Å². The van der Waals surface area contributed by atoms with Crippen LogP contribution in [0.1, 0.15) is 77.5 Å². The molecule has 1 aromatic heterocycles. The second kappa shape index (κ2) is 6.14. The summed E-state index contributed by atoms with van der Waals surface area (Å²) in [4.78, 5) is 19.4. The molecule has 0 radical (unpaired) electrons. The van der Waals surface area contributed by atoms with Crippen LogP contribution in [0, 0.1) is 12.8 Å². The van der Waals surface area contributed by atoms with Gasteiger partial charge in [-0.3, -0.25) is 9.89 Å². The summed E-state index contributed by atoms with van der Waals surface area (Å²) in [6.45, 7) is 11.7. The van der Waals surface area contributed by atoms with Crippen LogP contribution < -0.4 is 5.32 Å². The van der Waals surface area contributed by atoms with E-state index in [2.05, 4.69) is 48.2 Å². The van der Waals surface area contributed by atoms with Crippen LogP contribution in [0.2, 0.25) is 0 Å². The zero-order valence-corrected chi connectivity index (χ0v) is 15.6. The van der Waals surface area contributed by atoms with E-state index in [9.17, 15) is 4.79 Å². The van der Waals surface area contributed by atoms with Crippen LogP contribution in [0.4, 0.5) is 0 Å². The molecule has 24 heavy (non-hydrogen) atoms. The minimum atomic E-state index is 0.0465. The number of amides is 1. The topological polar surface area (TPSA) is 73.9 Å². The Morgan fingerprint density at radius 3 is 2.50 bits per heavy atom. The third-order valence-electron chi connectivity index (χ3n) is 5.22. The standard InChI is InChI=1S/C18H31N5O/c1-12-19-16(21-20-12)14-7-6-8-23(14)15(24)9-13-10-17(2,3)22-18(4,5)11-13/h13-14,22H,6-11H2,1-5H3,(H,19,20,21). The van der Waals surface area contributed by atoms with Crippen LogP contribution in [0.3, 0.4) is 0 Å². The second-order valence-corrected chi connectivity index (χ2v) is 8.90. The summed E-state index contributed by atoms with van der Waals surface area (Å²) in [5.41, 5.74) is 0.163. The lowest BCUT2D eigenvalue weighted by Crippen LogP contribution is -2.58. The predicted octanol–water partition coefficient (Wildman–Crippen LogP) is 2.72. The van der Waals surface area contributed by atoms with Crippen molar-refractivity contribution in [2.24, 2.45) is 5.92 Å². The molecule has 0 aliphatic carbocycles. The Hall–Kier alpha value is -1.43. The smallest absolute Gasteiger partial charge is 0.223 e. The number of likely N-dealkylation sites (tertiary alicyclic amines) is 1. The number of aromatic amines is 1. The van der Waals surface area contributed by atoms with Crippen molar-refractivity contribution >= 4 is 5.91 Å². The fraction of sp³-hybridized carbons (Fsp3) is 0.833. The van der Waals surface area contributed by atoms with E-state index in [1.165, 1.54) is 0 Å². The molecule has 0 saturated carbocycles. The zero-order valence-electron chi connectivity index (χ0n) is 15.6. The van der Waals surface area contributed by atoms with E-state index in [4.69, 9.17) is 0 Å². The van der Waals surface area contributed by atoms with Crippen molar-refractivity contribution in [1.82, 2.24) is 25.4 Å². The van der Waals surface area contributed by atoms with Crippen molar-refractivity contribution < 1.29 is 4.79 Å². The van der Waals surface area contributed by atoms with E-state index in [0.717, 1.165) is 43.9 Å². The number of hydrogen-bond donors (Lipinski definition) is 2. The molecule has 2 aliphatic heterocycles. The van der Waals surface area contributed by atoms with Crippen molar-refractivity contribution in [3.63, 3.8) is 0 Å². The molecule has 1 atom stereocenters. The number of aryl methyl sites for hydroxylation is 1. The fourth-order valence-corrected chi connectivity index (χ4v) is 4.88. The number of piperidine rings is 1. The molecule has 1 unspecified atom stereocenters. The van der Waals surface area contributed by atoms with E-state index in [1.807, 2.05) is 11.8 Å². The van der Waals surface area contributed by atoms with E-state index in [0.29, 0.717) is 12.3 Å². The molecule has 3 heterocycles. The lowest BCUT2D eigenvalue weighted by molar-refractivity contribution is -0.134. The van der Waals surface area contributed by atoms with Gasteiger partial charge in [0.15, 0.2) is 5.82 Å². The Balaban J connectivity index is 1.68. The van der Waals surface area contributed by atoms with Crippen LogP contribution in [0.25, 0.3) is 0 Å². The molecule has 0 spiro atoms. The van der Waals surface area contributed by atoms with Crippen molar-refractivity contribution in [3.05, 3.63) is 11.6 Å². The highest BCUT2D eigenvalue weighted by atomic mass is 16.2. The van der Waals surface area contributed by atoms with E-state index >= 15 is 0 Å². The molecule has 6 heteroatoms. The minimum Gasteiger partial charge on any atom is -0.332 e. The summed E-state index contributed by atoms with van der Waals surface area (Å²) in [5, 5.41) is 10.9. The lowest BCUT2D eigenvalue weighted by atomic mass is 9.74. The lowest BCUT2D eigenvalue weighted by Gasteiger charge is -2.46. The number of rotatable bonds is 3. The molecule has 1 amide bonds. The fourth-order valence-electron chi connectivity index (χ4n) is 4.88. The molecule has 0 aromatic carbocycles. The maximum atomic E-state index is 13.0. The molecule has 2 aliphatic rings. The first-order valence-electron chi connectivity index (χ1n) is 9.13. The van der Waals surface area contributed by atoms with Crippen LogP contribution in [-0.2, 0) is 4.79 Å². The average Bonchev–Trinajstić information content (AvgIpc) is 3.02. The molecule has 3 rings (SSSR count). The number of nitrogens with one attached hydrogen (secondary N) is 2. The molecule has 2 fully saturated rings. The quantitative estimate of drug-likeness (QED) is 0.892. The van der Waals surface area contributed by atoms with Gasteiger partial charge in [0.1, 0.15) is 5.82 Å². The van der Waals surface area contributed by atoms with Gasteiger partial charge in [-0.25, -0.2) is 4.98 Å². The zero-order chi connectivity index (χ0) is 17.5. The number of nitrogens with zero attached hydrogens (tertiary/aromatic N) is 3. The number of aromatic nitrogens is 3. The summed E-state index contributed by atoms with van der Waals surface area (Å²) in [6.07, 6.45) is 4.72. The first kappa shape index (κ1) is 17.4. The SMILES string of the molecule is Cc1nc(C2CCCN2C(=O)CC2CC(C)(C)NC(C)(C)C2)n[nH]1. The van der Waals surface area contributed by atoms with Crippen molar-refractivity contribution in [2.75, 3.05) is 6.54 Å². The maximum absolute atomic E-state index is 13.0. The van der Waals surface area contributed by atoms with Gasteiger partial charge in [-0.15, -0.1) is 0 Å². The summed E-state index contributed by atoms with van der Waals surface area (Å²) in [5.74, 6) is 2.27. The van der Waals surface area contributed by atoms with Gasteiger partial charge in [-0.05, 0) is 66.2 Å². The number of carbonyl (C=O) groups is 1. The number of carbonyl (C=O) groups excluding carboxylic acids is 1. The van der Waals surface area contributed by atoms with E-state index in [-0.39, 0.29) is 23.0 Å². The van der Waals surface area contributed by atoms with Gasteiger partial charge in [-0.2, -0.15) is 5.10 Å². The number of hydrogen-bond acceptors (Lipinski definition) is 4. The molecule has 2 saturated heterocycles. The third kappa shape index (κ3) is 3.79. The first-order valence-corrected chi connectivity index (χ1v) is 9.13. The Kier molecular flexibility index (Phi) is 4.45. The van der Waals surface area contributed by atoms with Crippen molar-refractivity contribution in [3.8, 4) is 0 Å². The molecule has 6 nitrogen and oxygen atoms in total. The highest BCUT2D eigenvalue weighted by Crippen LogP contribution is 2.37. The van der Waals surface area contributed by atoms with Gasteiger partial charge in [0.25, 0.3) is 0 Å². The molecular weight excluding hydrogens is 302 g/mol. The Morgan fingerprint density at radius 2 is 1.92 bits per heavy atom.